The average Bonchev–Trinajstić information content (AvgIpc) is 2.30. The molecule has 1 aromatic carbocycles. The van der Waals surface area contributed by atoms with Crippen molar-refractivity contribution in [3.05, 3.63) is 35.9 Å². The van der Waals surface area contributed by atoms with E-state index in [1.54, 1.807) is 0 Å². The van der Waals surface area contributed by atoms with Crippen LogP contribution in [0.5, 0.6) is 0 Å². The second kappa shape index (κ2) is 4.58. The Kier molecular flexibility index (Phi) is 3.17. The van der Waals surface area contributed by atoms with E-state index >= 15 is 0 Å². The maximum atomic E-state index is 9.25. The molecule has 2 rings (SSSR count). The summed E-state index contributed by atoms with van der Waals surface area (Å²) < 4.78 is 0. The van der Waals surface area contributed by atoms with E-state index in [2.05, 4.69) is 29.2 Å². The van der Waals surface area contributed by atoms with Crippen LogP contribution in [0.4, 0.5) is 0 Å². The zero-order chi connectivity index (χ0) is 9.80. The van der Waals surface area contributed by atoms with Crippen LogP contribution in [0.1, 0.15) is 30.9 Å². The Labute approximate surface area is 85.2 Å². The summed E-state index contributed by atoms with van der Waals surface area (Å²) in [4.78, 5) is 2.15. The molecule has 1 unspecified atom stereocenters. The van der Waals surface area contributed by atoms with Crippen molar-refractivity contribution in [3.63, 3.8) is 0 Å². The van der Waals surface area contributed by atoms with E-state index in [0.29, 0.717) is 6.04 Å². The highest BCUT2D eigenvalue weighted by Gasteiger charge is 2.22. The van der Waals surface area contributed by atoms with Crippen LogP contribution in [-0.2, 0) is 0 Å². The first-order valence-corrected chi connectivity index (χ1v) is 5.31. The van der Waals surface area contributed by atoms with Crippen molar-refractivity contribution in [1.29, 1.82) is 0 Å². The summed E-state index contributed by atoms with van der Waals surface area (Å²) in [5.41, 5.74) is 1.33. The number of aliphatic hydroxyl groups is 1. The molecular formula is C12H17NO. The molecule has 1 aliphatic heterocycles. The van der Waals surface area contributed by atoms with Crippen molar-refractivity contribution >= 4 is 0 Å². The average molecular weight is 191 g/mol. The van der Waals surface area contributed by atoms with Gasteiger partial charge in [0.1, 0.15) is 0 Å². The lowest BCUT2D eigenvalue weighted by Crippen LogP contribution is -2.33. The predicted octanol–water partition coefficient (Wildman–Crippen LogP) is 2.16. The van der Waals surface area contributed by atoms with Gasteiger partial charge in [-0.25, -0.2) is 0 Å². The minimum absolute atomic E-state index is 0.180. The normalized spacial score (nSPS) is 23.6. The van der Waals surface area contributed by atoms with Gasteiger partial charge in [-0.3, -0.25) is 4.90 Å². The summed E-state index contributed by atoms with van der Waals surface area (Å²) >= 11 is 0. The van der Waals surface area contributed by atoms with Crippen LogP contribution in [0.15, 0.2) is 30.3 Å². The van der Waals surface area contributed by atoms with Crippen molar-refractivity contribution in [3.8, 4) is 0 Å². The van der Waals surface area contributed by atoms with Crippen LogP contribution in [-0.4, -0.2) is 23.3 Å². The van der Waals surface area contributed by atoms with Gasteiger partial charge >= 0.3 is 0 Å². The number of hydrogen-bond acceptors (Lipinski definition) is 2. The van der Waals surface area contributed by atoms with Crippen molar-refractivity contribution in [2.75, 3.05) is 13.3 Å². The molecule has 1 heterocycles. The molecule has 14 heavy (non-hydrogen) atoms. The van der Waals surface area contributed by atoms with Gasteiger partial charge in [-0.1, -0.05) is 36.8 Å². The number of piperidine rings is 1. The molecule has 2 nitrogen and oxygen atoms in total. The van der Waals surface area contributed by atoms with Crippen LogP contribution in [0.25, 0.3) is 0 Å². The molecule has 0 bridgehead atoms. The van der Waals surface area contributed by atoms with Crippen LogP contribution in [0.3, 0.4) is 0 Å². The van der Waals surface area contributed by atoms with Gasteiger partial charge in [-0.2, -0.15) is 0 Å². The molecule has 1 fully saturated rings. The highest BCUT2D eigenvalue weighted by atomic mass is 16.3. The Bertz CT molecular complexity index is 273. The lowest BCUT2D eigenvalue weighted by molar-refractivity contribution is 0.0436. The van der Waals surface area contributed by atoms with Gasteiger partial charge in [-0.05, 0) is 18.4 Å². The maximum Gasteiger partial charge on any atom is 0.0961 e. The molecule has 0 aromatic heterocycles. The minimum atomic E-state index is 0.180. The van der Waals surface area contributed by atoms with Crippen LogP contribution >= 0.6 is 0 Å². The number of benzene rings is 1. The summed E-state index contributed by atoms with van der Waals surface area (Å²) in [6.45, 7) is 1.20. The zero-order valence-corrected chi connectivity index (χ0v) is 8.39. The minimum Gasteiger partial charge on any atom is -0.381 e. The van der Waals surface area contributed by atoms with E-state index in [-0.39, 0.29) is 6.73 Å². The molecule has 1 N–H and O–H groups in total. The molecule has 2 heteroatoms. The fourth-order valence-electron chi connectivity index (χ4n) is 2.21. The van der Waals surface area contributed by atoms with Crippen molar-refractivity contribution in [2.45, 2.75) is 25.3 Å². The topological polar surface area (TPSA) is 23.5 Å². The van der Waals surface area contributed by atoms with E-state index in [9.17, 15) is 5.11 Å². The Morgan fingerprint density at radius 1 is 1.21 bits per heavy atom. The second-order valence-electron chi connectivity index (χ2n) is 3.88. The number of hydrogen-bond donors (Lipinski definition) is 1. The fraction of sp³-hybridized carbons (Fsp3) is 0.500. The lowest BCUT2D eigenvalue weighted by Gasteiger charge is -2.34. The third-order valence-electron chi connectivity index (χ3n) is 2.98. The highest BCUT2D eigenvalue weighted by molar-refractivity contribution is 5.19. The summed E-state index contributed by atoms with van der Waals surface area (Å²) in [5.74, 6) is 0. The van der Waals surface area contributed by atoms with Crippen molar-refractivity contribution in [2.24, 2.45) is 0 Å². The van der Waals surface area contributed by atoms with Gasteiger partial charge in [0.2, 0.25) is 0 Å². The molecule has 1 aromatic rings. The third-order valence-corrected chi connectivity index (χ3v) is 2.98. The first-order chi connectivity index (χ1) is 6.92. The van der Waals surface area contributed by atoms with Gasteiger partial charge in [0, 0.05) is 12.6 Å². The van der Waals surface area contributed by atoms with E-state index in [4.69, 9.17) is 0 Å². The van der Waals surface area contributed by atoms with Gasteiger partial charge in [0.25, 0.3) is 0 Å². The SMILES string of the molecule is OCN1CCCCC1c1ccccc1. The van der Waals surface area contributed by atoms with Gasteiger partial charge in [-0.15, -0.1) is 0 Å². The lowest BCUT2D eigenvalue weighted by atomic mass is 9.96. The van der Waals surface area contributed by atoms with Crippen LogP contribution in [0, 0.1) is 0 Å². The van der Waals surface area contributed by atoms with E-state index in [1.807, 2.05) is 6.07 Å². The molecule has 1 saturated heterocycles. The van der Waals surface area contributed by atoms with E-state index < -0.39 is 0 Å². The predicted molar refractivity (Wildman–Crippen MR) is 56.8 cm³/mol. The number of aliphatic hydroxyl groups excluding tert-OH is 1. The fourth-order valence-corrected chi connectivity index (χ4v) is 2.21. The van der Waals surface area contributed by atoms with Crippen molar-refractivity contribution < 1.29 is 5.11 Å². The first kappa shape index (κ1) is 9.69. The van der Waals surface area contributed by atoms with E-state index in [1.165, 1.54) is 24.8 Å². The number of nitrogens with zero attached hydrogens (tertiary/aromatic N) is 1. The van der Waals surface area contributed by atoms with Gasteiger partial charge < -0.3 is 5.11 Å². The Morgan fingerprint density at radius 2 is 2.00 bits per heavy atom. The molecule has 0 aliphatic carbocycles. The Hall–Kier alpha value is -0.860. The molecule has 0 amide bonds. The third kappa shape index (κ3) is 1.97. The highest BCUT2D eigenvalue weighted by Crippen LogP contribution is 2.29. The smallest absolute Gasteiger partial charge is 0.0961 e. The quantitative estimate of drug-likeness (QED) is 0.774. The molecule has 1 atom stereocenters. The van der Waals surface area contributed by atoms with Crippen molar-refractivity contribution in [1.82, 2.24) is 4.90 Å². The number of likely N-dealkylation sites (tertiary alicyclic amines) is 1. The molecule has 0 radical (unpaired) electrons. The molecule has 76 valence electrons. The van der Waals surface area contributed by atoms with Gasteiger partial charge in [0.15, 0.2) is 0 Å². The summed E-state index contributed by atoms with van der Waals surface area (Å²) in [6, 6.07) is 10.9. The Morgan fingerprint density at radius 3 is 2.71 bits per heavy atom. The molecule has 0 saturated carbocycles. The Balaban J connectivity index is 2.15. The zero-order valence-electron chi connectivity index (χ0n) is 8.39. The number of rotatable bonds is 2. The van der Waals surface area contributed by atoms with E-state index in [0.717, 1.165) is 6.54 Å². The summed E-state index contributed by atoms with van der Waals surface area (Å²) in [5, 5.41) is 9.25. The monoisotopic (exact) mass is 191 g/mol. The molecule has 0 spiro atoms. The van der Waals surface area contributed by atoms with Crippen LogP contribution in [0.2, 0.25) is 0 Å². The standard InChI is InChI=1S/C12H17NO/c14-10-13-9-5-4-8-12(13)11-6-2-1-3-7-11/h1-3,6-7,12,14H,4-5,8-10H2. The molecular weight excluding hydrogens is 174 g/mol. The van der Waals surface area contributed by atoms with Crippen LogP contribution < -0.4 is 0 Å². The maximum absolute atomic E-state index is 9.25. The molecule has 1 aliphatic rings. The summed E-state index contributed by atoms with van der Waals surface area (Å²) in [6.07, 6.45) is 3.66. The second-order valence-corrected chi connectivity index (χ2v) is 3.88. The van der Waals surface area contributed by atoms with Gasteiger partial charge in [0.05, 0.1) is 6.73 Å². The largest absolute Gasteiger partial charge is 0.381 e. The first-order valence-electron chi connectivity index (χ1n) is 5.31. The summed E-state index contributed by atoms with van der Waals surface area (Å²) in [7, 11) is 0.